The number of Topliss-reactive ketones (excluding diaryl/α,β-unsaturated/α-hetero) is 1. The number of hydrogen-bond acceptors (Lipinski definition) is 7. The zero-order valence-electron chi connectivity index (χ0n) is 18.9. The quantitative estimate of drug-likeness (QED) is 0.352. The van der Waals surface area contributed by atoms with Crippen molar-refractivity contribution in [3.8, 4) is 5.88 Å². The molecule has 1 aromatic heterocycles. The molecule has 33 heavy (non-hydrogen) atoms. The van der Waals surface area contributed by atoms with Gasteiger partial charge in [0.2, 0.25) is 11.8 Å². The minimum atomic E-state index is -0.349. The lowest BCUT2D eigenvalue weighted by atomic mass is 9.97. The van der Waals surface area contributed by atoms with Crippen LogP contribution in [0.25, 0.3) is 10.9 Å². The average Bonchev–Trinajstić information content (AvgIpc) is 3.10. The lowest BCUT2D eigenvalue weighted by Crippen LogP contribution is -2.32. The minimum Gasteiger partial charge on any atom is -0.494 e. The van der Waals surface area contributed by atoms with Crippen LogP contribution < -0.4 is 0 Å². The van der Waals surface area contributed by atoms with Crippen LogP contribution >= 0.6 is 0 Å². The van der Waals surface area contributed by atoms with Crippen LogP contribution in [0.2, 0.25) is 0 Å². The Bertz CT molecular complexity index is 1270. The Morgan fingerprint density at radius 2 is 1.64 bits per heavy atom. The van der Waals surface area contributed by atoms with Crippen molar-refractivity contribution >= 4 is 34.0 Å². The van der Waals surface area contributed by atoms with Crippen LogP contribution in [0.15, 0.2) is 52.6 Å². The number of likely N-dealkylation sites (tertiary alicyclic amines) is 1. The third-order valence-corrected chi connectivity index (χ3v) is 6.15. The van der Waals surface area contributed by atoms with Crippen LogP contribution in [0.4, 0.5) is 5.69 Å². The number of piperidine rings is 1. The van der Waals surface area contributed by atoms with Crippen molar-refractivity contribution in [3.05, 3.63) is 64.1 Å². The van der Waals surface area contributed by atoms with Crippen molar-refractivity contribution in [2.24, 2.45) is 10.2 Å². The van der Waals surface area contributed by atoms with E-state index >= 15 is 0 Å². The van der Waals surface area contributed by atoms with Gasteiger partial charge < -0.3 is 10.0 Å². The largest absolute Gasteiger partial charge is 0.494 e. The van der Waals surface area contributed by atoms with Crippen molar-refractivity contribution in [1.82, 2.24) is 9.47 Å². The second-order valence-corrected chi connectivity index (χ2v) is 8.49. The van der Waals surface area contributed by atoms with Crippen molar-refractivity contribution in [3.63, 3.8) is 0 Å². The van der Waals surface area contributed by atoms with Crippen molar-refractivity contribution in [1.29, 1.82) is 0 Å². The summed E-state index contributed by atoms with van der Waals surface area (Å²) in [5.74, 6) is -0.686. The Morgan fingerprint density at radius 3 is 2.21 bits per heavy atom. The number of nitrogens with zero attached hydrogens (tertiary/aromatic N) is 4. The van der Waals surface area contributed by atoms with Gasteiger partial charge in [-0.25, -0.2) is 0 Å². The lowest BCUT2D eigenvalue weighted by Gasteiger charge is -2.27. The van der Waals surface area contributed by atoms with Gasteiger partial charge in [0.05, 0.1) is 22.8 Å². The Hall–Kier alpha value is -3.65. The van der Waals surface area contributed by atoms with Crippen LogP contribution in [0.3, 0.4) is 0 Å². The number of nitroso groups, excluding NO2 is 1. The molecule has 2 heterocycles. The predicted octanol–water partition coefficient (Wildman–Crippen LogP) is 4.54. The molecule has 0 saturated carbocycles. The van der Waals surface area contributed by atoms with Gasteiger partial charge in [0, 0.05) is 23.4 Å². The lowest BCUT2D eigenvalue weighted by molar-refractivity contribution is 0.0932. The first kappa shape index (κ1) is 22.5. The van der Waals surface area contributed by atoms with E-state index in [9.17, 15) is 19.6 Å². The second kappa shape index (κ2) is 9.07. The van der Waals surface area contributed by atoms with Crippen LogP contribution in [-0.2, 0) is 0 Å². The number of carbonyl (C=O) groups excluding carboxylic acids is 2. The molecule has 0 atom stereocenters. The van der Waals surface area contributed by atoms with E-state index in [1.165, 1.54) is 18.4 Å². The molecular weight excluding hydrogens is 420 g/mol. The Kier molecular flexibility index (Phi) is 6.20. The molecule has 1 N–H and O–H groups in total. The molecule has 0 amide bonds. The Morgan fingerprint density at radius 1 is 1.00 bits per heavy atom. The highest BCUT2D eigenvalue weighted by molar-refractivity contribution is 6.23. The summed E-state index contributed by atoms with van der Waals surface area (Å²) in [6, 6.07) is 11.7. The molecule has 0 aliphatic carbocycles. The minimum absolute atomic E-state index is 0.0335. The fourth-order valence-electron chi connectivity index (χ4n) is 4.32. The zero-order valence-corrected chi connectivity index (χ0v) is 18.9. The van der Waals surface area contributed by atoms with E-state index in [2.05, 4.69) is 17.1 Å². The van der Waals surface area contributed by atoms with E-state index in [0.717, 1.165) is 25.9 Å². The summed E-state index contributed by atoms with van der Waals surface area (Å²) in [7, 11) is 2.07. The van der Waals surface area contributed by atoms with Gasteiger partial charge >= 0.3 is 0 Å². The van der Waals surface area contributed by atoms with Gasteiger partial charge in [0.25, 0.3) is 0 Å². The first-order valence-electron chi connectivity index (χ1n) is 10.9. The molecule has 2 aromatic carbocycles. The van der Waals surface area contributed by atoms with Gasteiger partial charge in [0.1, 0.15) is 5.69 Å². The van der Waals surface area contributed by atoms with Crippen LogP contribution in [0.1, 0.15) is 53.0 Å². The number of benzene rings is 2. The summed E-state index contributed by atoms with van der Waals surface area (Å²) < 4.78 is 1.24. The Labute approximate surface area is 191 Å². The smallest absolute Gasteiger partial charge is 0.230 e. The molecular formula is C25H26N4O4. The van der Waals surface area contributed by atoms with Crippen molar-refractivity contribution in [2.45, 2.75) is 32.7 Å². The van der Waals surface area contributed by atoms with Crippen molar-refractivity contribution in [2.75, 3.05) is 20.1 Å². The molecule has 0 radical (unpaired) electrons. The van der Waals surface area contributed by atoms with Crippen LogP contribution in [-0.4, -0.2) is 58.2 Å². The second-order valence-electron chi connectivity index (χ2n) is 8.49. The standard InChI is InChI=1S/C25H26N4O4/c1-15(30)18-6-9-22-21(14-18)23(25(32)29(22)16(2)31)24(17-4-7-20(27-33)8-5-17)26-19-10-12-28(3)13-11-19/h4-9,14,19,32H,10-13H2,1-3H3. The SMILES string of the molecule is CC(=O)c1ccc2c(c1)c(C(=NC1CCN(C)CC1)c1ccc(N=O)cc1)c(O)n2C(C)=O. The number of aromatic nitrogens is 1. The highest BCUT2D eigenvalue weighted by Crippen LogP contribution is 2.35. The fraction of sp³-hybridized carbons (Fsp3) is 0.320. The number of hydrogen-bond donors (Lipinski definition) is 1. The molecule has 8 nitrogen and oxygen atoms in total. The third kappa shape index (κ3) is 4.34. The van der Waals surface area contributed by atoms with Gasteiger partial charge in [-0.3, -0.25) is 19.1 Å². The number of ketones is 1. The first-order valence-corrected chi connectivity index (χ1v) is 10.9. The Balaban J connectivity index is 1.99. The number of aromatic hydroxyl groups is 1. The van der Waals surface area contributed by atoms with E-state index < -0.39 is 0 Å². The normalized spacial score (nSPS) is 15.7. The third-order valence-electron chi connectivity index (χ3n) is 6.15. The highest BCUT2D eigenvalue weighted by atomic mass is 16.3. The number of fused-ring (bicyclic) bond motifs is 1. The van der Waals surface area contributed by atoms with Gasteiger partial charge in [-0.2, -0.15) is 0 Å². The van der Waals surface area contributed by atoms with Gasteiger partial charge in [-0.15, -0.1) is 4.91 Å². The summed E-state index contributed by atoms with van der Waals surface area (Å²) >= 11 is 0. The molecule has 0 unspecified atom stereocenters. The van der Waals surface area contributed by atoms with E-state index in [1.807, 2.05) is 0 Å². The molecule has 0 bridgehead atoms. The summed E-state index contributed by atoms with van der Waals surface area (Å²) in [5, 5.41) is 14.7. The number of carbonyl (C=O) groups is 2. The molecule has 1 saturated heterocycles. The van der Waals surface area contributed by atoms with Crippen LogP contribution in [0.5, 0.6) is 5.88 Å². The van der Waals surface area contributed by atoms with Gasteiger partial charge in [-0.1, -0.05) is 12.1 Å². The predicted molar refractivity (Wildman–Crippen MR) is 128 cm³/mol. The van der Waals surface area contributed by atoms with Gasteiger partial charge in [-0.05, 0) is 75.4 Å². The maximum atomic E-state index is 12.4. The zero-order chi connectivity index (χ0) is 23.7. The highest BCUT2D eigenvalue weighted by Gasteiger charge is 2.26. The molecule has 170 valence electrons. The van der Waals surface area contributed by atoms with Crippen LogP contribution in [0, 0.1) is 4.91 Å². The van der Waals surface area contributed by atoms with Crippen molar-refractivity contribution < 1.29 is 14.7 Å². The summed E-state index contributed by atoms with van der Waals surface area (Å²) in [6.45, 7) is 4.66. The molecule has 4 rings (SSSR count). The summed E-state index contributed by atoms with van der Waals surface area (Å²) in [6.07, 6.45) is 1.72. The molecule has 3 aromatic rings. The molecule has 8 heteroatoms. The van der Waals surface area contributed by atoms with Gasteiger partial charge in [0.15, 0.2) is 5.78 Å². The molecule has 1 fully saturated rings. The molecule has 1 aliphatic heterocycles. The summed E-state index contributed by atoms with van der Waals surface area (Å²) in [4.78, 5) is 42.7. The fourth-order valence-corrected chi connectivity index (χ4v) is 4.32. The van der Waals surface area contributed by atoms with E-state index in [-0.39, 0.29) is 29.3 Å². The topological polar surface area (TPSA) is 104 Å². The van der Waals surface area contributed by atoms with E-state index in [0.29, 0.717) is 33.3 Å². The number of rotatable bonds is 5. The van der Waals surface area contributed by atoms with E-state index in [4.69, 9.17) is 4.99 Å². The maximum absolute atomic E-state index is 12.4. The first-order chi connectivity index (χ1) is 15.8. The maximum Gasteiger partial charge on any atom is 0.230 e. The molecule has 0 spiro atoms. The molecule has 1 aliphatic rings. The average molecular weight is 447 g/mol. The monoisotopic (exact) mass is 446 g/mol. The van der Waals surface area contributed by atoms with E-state index in [1.54, 1.807) is 42.5 Å². The number of aliphatic imine (C=N–C) groups is 1. The summed E-state index contributed by atoms with van der Waals surface area (Å²) in [5.41, 5.74) is 2.86.